The van der Waals surface area contributed by atoms with E-state index in [1.54, 1.807) is 12.3 Å². The first-order valence-corrected chi connectivity index (χ1v) is 7.23. The monoisotopic (exact) mass is 287 g/mol. The molecule has 108 valence electrons. The zero-order chi connectivity index (χ0) is 15.4. The maximum atomic E-state index is 12.3. The first kappa shape index (κ1) is 14.1. The van der Waals surface area contributed by atoms with Crippen LogP contribution in [0.5, 0.6) is 0 Å². The van der Waals surface area contributed by atoms with Gasteiger partial charge in [-0.25, -0.2) is 0 Å². The molecule has 0 aromatic heterocycles. The van der Waals surface area contributed by atoms with Gasteiger partial charge in [0.2, 0.25) is 0 Å². The fourth-order valence-electron chi connectivity index (χ4n) is 2.37. The van der Waals surface area contributed by atoms with Crippen molar-refractivity contribution in [1.29, 1.82) is 0 Å². The molecule has 3 aromatic carbocycles. The number of carbonyl (C=O) groups is 1. The van der Waals surface area contributed by atoms with E-state index in [2.05, 4.69) is 0 Å². The Bertz CT molecular complexity index is 821. The summed E-state index contributed by atoms with van der Waals surface area (Å²) in [6.07, 6.45) is 3.41. The number of hydrogen-bond acceptors (Lipinski definition) is 2. The number of ketones is 1. The van der Waals surface area contributed by atoms with Gasteiger partial charge in [0, 0.05) is 30.6 Å². The van der Waals surface area contributed by atoms with Crippen LogP contribution >= 0.6 is 0 Å². The number of para-hydroxylation sites is 1. The van der Waals surface area contributed by atoms with Crippen molar-refractivity contribution in [2.24, 2.45) is 0 Å². The molecule has 0 saturated heterocycles. The average Bonchev–Trinajstić information content (AvgIpc) is 2.59. The van der Waals surface area contributed by atoms with Gasteiger partial charge in [0.1, 0.15) is 0 Å². The van der Waals surface area contributed by atoms with Crippen LogP contribution in [0.3, 0.4) is 0 Å². The van der Waals surface area contributed by atoms with E-state index in [9.17, 15) is 4.79 Å². The average molecular weight is 287 g/mol. The maximum absolute atomic E-state index is 12.3. The molecule has 0 aliphatic rings. The fourth-order valence-corrected chi connectivity index (χ4v) is 2.37. The van der Waals surface area contributed by atoms with Crippen LogP contribution in [0.25, 0.3) is 10.8 Å². The van der Waals surface area contributed by atoms with E-state index in [1.165, 1.54) is 0 Å². The molecular weight excluding hydrogens is 270 g/mol. The number of nitrogens with zero attached hydrogens (tertiary/aromatic N) is 1. The van der Waals surface area contributed by atoms with Crippen molar-refractivity contribution in [3.8, 4) is 0 Å². The van der Waals surface area contributed by atoms with Gasteiger partial charge in [-0.3, -0.25) is 4.79 Å². The lowest BCUT2D eigenvalue weighted by molar-refractivity contribution is 0.104. The van der Waals surface area contributed by atoms with Gasteiger partial charge in [-0.1, -0.05) is 54.6 Å². The predicted molar refractivity (Wildman–Crippen MR) is 92.3 cm³/mol. The highest BCUT2D eigenvalue weighted by molar-refractivity contribution is 6.06. The first-order chi connectivity index (χ1) is 10.7. The molecule has 3 aromatic rings. The minimum absolute atomic E-state index is 0.00790. The van der Waals surface area contributed by atoms with Crippen molar-refractivity contribution in [3.63, 3.8) is 0 Å². The van der Waals surface area contributed by atoms with Gasteiger partial charge in [0.25, 0.3) is 0 Å². The van der Waals surface area contributed by atoms with Crippen molar-refractivity contribution < 1.29 is 4.79 Å². The van der Waals surface area contributed by atoms with E-state index in [1.807, 2.05) is 84.7 Å². The Labute approximate surface area is 130 Å². The predicted octanol–water partition coefficient (Wildman–Crippen LogP) is 4.67. The first-order valence-electron chi connectivity index (χ1n) is 7.23. The standard InChI is InChI=1S/C20H17NO/c1-21(19-9-3-2-4-10-19)14-13-20(22)18-12-11-16-7-5-6-8-17(16)15-18/h2-15H,1H3/b14-13+. The molecule has 0 saturated carbocycles. The van der Waals surface area contributed by atoms with Crippen molar-refractivity contribution in [2.45, 2.75) is 0 Å². The summed E-state index contributed by atoms with van der Waals surface area (Å²) < 4.78 is 0. The number of benzene rings is 3. The number of fused-ring (bicyclic) bond motifs is 1. The molecule has 0 aliphatic carbocycles. The second-order valence-corrected chi connectivity index (χ2v) is 5.19. The molecule has 0 amide bonds. The number of hydrogen-bond donors (Lipinski definition) is 0. The lowest BCUT2D eigenvalue weighted by Crippen LogP contribution is -2.08. The Kier molecular flexibility index (Phi) is 4.01. The summed E-state index contributed by atoms with van der Waals surface area (Å²) in [7, 11) is 1.93. The van der Waals surface area contributed by atoms with Crippen LogP contribution in [-0.2, 0) is 0 Å². The molecule has 2 nitrogen and oxygen atoms in total. The van der Waals surface area contributed by atoms with Crippen LogP contribution in [0.4, 0.5) is 5.69 Å². The van der Waals surface area contributed by atoms with E-state index in [4.69, 9.17) is 0 Å². The van der Waals surface area contributed by atoms with Gasteiger partial charge >= 0.3 is 0 Å². The molecule has 0 unspecified atom stereocenters. The lowest BCUT2D eigenvalue weighted by atomic mass is 10.0. The minimum Gasteiger partial charge on any atom is -0.351 e. The molecule has 0 aliphatic heterocycles. The van der Waals surface area contributed by atoms with Gasteiger partial charge < -0.3 is 4.90 Å². The lowest BCUT2D eigenvalue weighted by Gasteiger charge is -2.13. The maximum Gasteiger partial charge on any atom is 0.187 e. The van der Waals surface area contributed by atoms with E-state index in [-0.39, 0.29) is 5.78 Å². The highest BCUT2D eigenvalue weighted by Gasteiger charge is 2.03. The van der Waals surface area contributed by atoms with Crippen LogP contribution in [0, 0.1) is 0 Å². The van der Waals surface area contributed by atoms with Crippen LogP contribution < -0.4 is 4.90 Å². The summed E-state index contributed by atoms with van der Waals surface area (Å²) in [4.78, 5) is 14.2. The highest BCUT2D eigenvalue weighted by atomic mass is 16.1. The van der Waals surface area contributed by atoms with Crippen molar-refractivity contribution in [2.75, 3.05) is 11.9 Å². The zero-order valence-corrected chi connectivity index (χ0v) is 12.4. The molecule has 2 heteroatoms. The Morgan fingerprint density at radius 3 is 2.32 bits per heavy atom. The number of carbonyl (C=O) groups excluding carboxylic acids is 1. The third-order valence-electron chi connectivity index (χ3n) is 3.65. The fraction of sp³-hybridized carbons (Fsp3) is 0.0500. The molecule has 0 N–H and O–H groups in total. The summed E-state index contributed by atoms with van der Waals surface area (Å²) in [5.41, 5.74) is 1.75. The smallest absolute Gasteiger partial charge is 0.187 e. The van der Waals surface area contributed by atoms with E-state index in [0.717, 1.165) is 16.5 Å². The summed E-state index contributed by atoms with van der Waals surface area (Å²) in [6, 6.07) is 23.8. The van der Waals surface area contributed by atoms with Crippen LogP contribution in [-0.4, -0.2) is 12.8 Å². The van der Waals surface area contributed by atoms with Gasteiger partial charge in [0.15, 0.2) is 5.78 Å². The normalized spacial score (nSPS) is 11.0. The minimum atomic E-state index is 0.00790. The molecule has 22 heavy (non-hydrogen) atoms. The zero-order valence-electron chi connectivity index (χ0n) is 12.4. The van der Waals surface area contributed by atoms with Crippen LogP contribution in [0.1, 0.15) is 10.4 Å². The summed E-state index contributed by atoms with van der Waals surface area (Å²) in [5.74, 6) is 0.00790. The third-order valence-corrected chi connectivity index (χ3v) is 3.65. The Morgan fingerprint density at radius 1 is 0.864 bits per heavy atom. The second kappa shape index (κ2) is 6.27. The summed E-state index contributed by atoms with van der Waals surface area (Å²) in [5, 5.41) is 2.22. The quantitative estimate of drug-likeness (QED) is 0.513. The van der Waals surface area contributed by atoms with Crippen molar-refractivity contribution in [1.82, 2.24) is 0 Å². The number of anilines is 1. The Hall–Kier alpha value is -2.87. The molecular formula is C20H17NO. The van der Waals surface area contributed by atoms with E-state index in [0.29, 0.717) is 5.56 Å². The Balaban J connectivity index is 1.79. The van der Waals surface area contributed by atoms with E-state index >= 15 is 0 Å². The van der Waals surface area contributed by atoms with Crippen LogP contribution in [0.2, 0.25) is 0 Å². The van der Waals surface area contributed by atoms with Gasteiger partial charge in [-0.2, -0.15) is 0 Å². The largest absolute Gasteiger partial charge is 0.351 e. The SMILES string of the molecule is CN(/C=C/C(=O)c1ccc2ccccc2c1)c1ccccc1. The molecule has 0 radical (unpaired) electrons. The molecule has 0 fully saturated rings. The van der Waals surface area contributed by atoms with Gasteiger partial charge in [0.05, 0.1) is 0 Å². The summed E-state index contributed by atoms with van der Waals surface area (Å²) in [6.45, 7) is 0. The van der Waals surface area contributed by atoms with Gasteiger partial charge in [-0.05, 0) is 29.0 Å². The summed E-state index contributed by atoms with van der Waals surface area (Å²) >= 11 is 0. The van der Waals surface area contributed by atoms with Crippen molar-refractivity contribution in [3.05, 3.63) is 90.6 Å². The molecule has 0 bridgehead atoms. The second-order valence-electron chi connectivity index (χ2n) is 5.19. The molecule has 0 heterocycles. The highest BCUT2D eigenvalue weighted by Crippen LogP contribution is 2.17. The topological polar surface area (TPSA) is 20.3 Å². The molecule has 0 spiro atoms. The number of allylic oxidation sites excluding steroid dienone is 1. The Morgan fingerprint density at radius 2 is 1.55 bits per heavy atom. The third kappa shape index (κ3) is 3.07. The van der Waals surface area contributed by atoms with Crippen molar-refractivity contribution >= 4 is 22.2 Å². The number of rotatable bonds is 4. The molecule has 3 rings (SSSR count). The van der Waals surface area contributed by atoms with Gasteiger partial charge in [-0.15, -0.1) is 0 Å². The van der Waals surface area contributed by atoms with Crippen LogP contribution in [0.15, 0.2) is 85.1 Å². The molecule has 0 atom stereocenters. The van der Waals surface area contributed by atoms with E-state index < -0.39 is 0 Å².